The number of aryl methyl sites for hydroxylation is 1. The fourth-order valence-corrected chi connectivity index (χ4v) is 4.53. The monoisotopic (exact) mass is 474 g/mol. The minimum atomic E-state index is -4.58. The third-order valence-electron chi connectivity index (χ3n) is 5.97. The summed E-state index contributed by atoms with van der Waals surface area (Å²) in [6.07, 6.45) is -2.78. The number of anilines is 1. The van der Waals surface area contributed by atoms with Gasteiger partial charge in [0.1, 0.15) is 0 Å². The van der Waals surface area contributed by atoms with E-state index in [-0.39, 0.29) is 22.1 Å². The van der Waals surface area contributed by atoms with Gasteiger partial charge in [0.15, 0.2) is 5.78 Å². The number of dihydropyridines is 1. The maximum atomic E-state index is 13.4. The summed E-state index contributed by atoms with van der Waals surface area (Å²) >= 11 is 6.09. The molecule has 1 heterocycles. The first-order chi connectivity index (χ1) is 15.6. The summed E-state index contributed by atoms with van der Waals surface area (Å²) in [5, 5.41) is 5.72. The van der Waals surface area contributed by atoms with E-state index >= 15 is 0 Å². The zero-order chi connectivity index (χ0) is 23.9. The Hall–Kier alpha value is -3.06. The molecule has 1 aliphatic heterocycles. The van der Waals surface area contributed by atoms with Crippen LogP contribution in [0.25, 0.3) is 0 Å². The lowest BCUT2D eigenvalue weighted by molar-refractivity contribution is -0.137. The molecule has 0 bridgehead atoms. The SMILES string of the molecule is CC1=C(C(=O)Nc2cc(C(F)(F)F)ccc2Cl)[C@@H](c2ccc(C)cc2)C2=C(CCCC2=O)N1. The Morgan fingerprint density at radius 3 is 2.45 bits per heavy atom. The van der Waals surface area contributed by atoms with E-state index in [2.05, 4.69) is 10.6 Å². The fourth-order valence-electron chi connectivity index (χ4n) is 4.36. The number of amides is 1. The molecule has 8 heteroatoms. The van der Waals surface area contributed by atoms with Crippen molar-refractivity contribution < 1.29 is 22.8 Å². The van der Waals surface area contributed by atoms with E-state index in [0.29, 0.717) is 24.1 Å². The molecule has 0 radical (unpaired) electrons. The molecular weight excluding hydrogens is 453 g/mol. The first-order valence-corrected chi connectivity index (χ1v) is 10.9. The first-order valence-electron chi connectivity index (χ1n) is 10.5. The summed E-state index contributed by atoms with van der Waals surface area (Å²) in [5.41, 5.74) is 2.89. The van der Waals surface area contributed by atoms with Gasteiger partial charge in [0.05, 0.1) is 16.3 Å². The standard InChI is InChI=1S/C25H22ClF3N2O2/c1-13-6-8-15(9-7-13)22-21(14(2)30-18-4-3-5-20(32)23(18)22)24(33)31-19-12-16(25(27,28)29)10-11-17(19)26/h6-12,22,30H,3-5H2,1-2H3,(H,31,33)/t22-/m1/s1. The second-order valence-electron chi connectivity index (χ2n) is 8.32. The van der Waals surface area contributed by atoms with Crippen molar-refractivity contribution in [3.8, 4) is 0 Å². The minimum absolute atomic E-state index is 0.0149. The number of Topliss-reactive ketones (excluding diaryl/α,β-unsaturated/α-hetero) is 1. The molecule has 172 valence electrons. The molecule has 2 aromatic rings. The molecule has 0 saturated heterocycles. The fraction of sp³-hybridized carbons (Fsp3) is 0.280. The average molecular weight is 475 g/mol. The lowest BCUT2D eigenvalue weighted by Gasteiger charge is -2.34. The highest BCUT2D eigenvalue weighted by molar-refractivity contribution is 6.34. The van der Waals surface area contributed by atoms with Crippen LogP contribution in [-0.2, 0) is 15.8 Å². The predicted molar refractivity (Wildman–Crippen MR) is 121 cm³/mol. The number of hydrogen-bond acceptors (Lipinski definition) is 3. The number of carbonyl (C=O) groups excluding carboxylic acids is 2. The van der Waals surface area contributed by atoms with Crippen molar-refractivity contribution in [2.45, 2.75) is 45.2 Å². The Morgan fingerprint density at radius 1 is 1.09 bits per heavy atom. The molecular formula is C25H22ClF3N2O2. The van der Waals surface area contributed by atoms with Crippen LogP contribution in [-0.4, -0.2) is 11.7 Å². The highest BCUT2D eigenvalue weighted by Crippen LogP contribution is 2.43. The van der Waals surface area contributed by atoms with Gasteiger partial charge in [0.25, 0.3) is 5.91 Å². The van der Waals surface area contributed by atoms with Crippen LogP contribution in [0.15, 0.2) is 65.0 Å². The number of nitrogens with one attached hydrogen (secondary N) is 2. The second kappa shape index (κ2) is 8.71. The summed E-state index contributed by atoms with van der Waals surface area (Å²) in [6, 6.07) is 10.3. The minimum Gasteiger partial charge on any atom is -0.362 e. The van der Waals surface area contributed by atoms with Crippen LogP contribution >= 0.6 is 11.6 Å². The molecule has 4 rings (SSSR count). The maximum absolute atomic E-state index is 13.4. The van der Waals surface area contributed by atoms with Gasteiger partial charge in [0, 0.05) is 34.9 Å². The molecule has 33 heavy (non-hydrogen) atoms. The van der Waals surface area contributed by atoms with Crippen molar-refractivity contribution in [2.24, 2.45) is 0 Å². The van der Waals surface area contributed by atoms with E-state index < -0.39 is 23.6 Å². The van der Waals surface area contributed by atoms with E-state index in [1.165, 1.54) is 0 Å². The molecule has 2 aliphatic rings. The largest absolute Gasteiger partial charge is 0.416 e. The van der Waals surface area contributed by atoms with E-state index in [4.69, 9.17) is 11.6 Å². The molecule has 0 aromatic heterocycles. The van der Waals surface area contributed by atoms with Gasteiger partial charge in [-0.2, -0.15) is 13.2 Å². The second-order valence-corrected chi connectivity index (χ2v) is 8.73. The molecule has 0 fully saturated rings. The van der Waals surface area contributed by atoms with Gasteiger partial charge >= 0.3 is 6.18 Å². The number of hydrogen-bond donors (Lipinski definition) is 2. The lowest BCUT2D eigenvalue weighted by atomic mass is 9.75. The van der Waals surface area contributed by atoms with Crippen molar-refractivity contribution in [1.29, 1.82) is 0 Å². The summed E-state index contributed by atoms with van der Waals surface area (Å²) < 4.78 is 39.5. The zero-order valence-electron chi connectivity index (χ0n) is 18.1. The van der Waals surface area contributed by atoms with Crippen LogP contribution in [0, 0.1) is 6.92 Å². The van der Waals surface area contributed by atoms with Crippen molar-refractivity contribution in [3.05, 3.63) is 86.7 Å². The summed E-state index contributed by atoms with van der Waals surface area (Å²) in [5.74, 6) is -1.28. The highest BCUT2D eigenvalue weighted by Gasteiger charge is 2.39. The van der Waals surface area contributed by atoms with Crippen molar-refractivity contribution in [3.63, 3.8) is 0 Å². The molecule has 4 nitrogen and oxygen atoms in total. The Balaban J connectivity index is 1.77. The molecule has 1 aliphatic carbocycles. The first kappa shape index (κ1) is 23.1. The van der Waals surface area contributed by atoms with Gasteiger partial charge in [-0.25, -0.2) is 0 Å². The number of carbonyl (C=O) groups is 2. The number of allylic oxidation sites excluding steroid dienone is 3. The van der Waals surface area contributed by atoms with E-state index in [1.54, 1.807) is 6.92 Å². The molecule has 0 spiro atoms. The smallest absolute Gasteiger partial charge is 0.362 e. The van der Waals surface area contributed by atoms with Crippen molar-refractivity contribution in [2.75, 3.05) is 5.32 Å². The van der Waals surface area contributed by atoms with Gasteiger partial charge in [-0.1, -0.05) is 41.4 Å². The summed E-state index contributed by atoms with van der Waals surface area (Å²) in [6.45, 7) is 3.67. The van der Waals surface area contributed by atoms with Crippen LogP contribution in [0.4, 0.5) is 18.9 Å². The molecule has 2 aromatic carbocycles. The lowest BCUT2D eigenvalue weighted by Crippen LogP contribution is -2.35. The Bertz CT molecular complexity index is 1200. The maximum Gasteiger partial charge on any atom is 0.416 e. The van der Waals surface area contributed by atoms with Crippen LogP contribution in [0.5, 0.6) is 0 Å². The van der Waals surface area contributed by atoms with Crippen molar-refractivity contribution in [1.82, 2.24) is 5.32 Å². The number of rotatable bonds is 3. The Morgan fingerprint density at radius 2 is 1.79 bits per heavy atom. The Kier molecular flexibility index (Phi) is 6.10. The van der Waals surface area contributed by atoms with Gasteiger partial charge in [-0.05, 0) is 50.5 Å². The van der Waals surface area contributed by atoms with Gasteiger partial charge < -0.3 is 10.6 Å². The third kappa shape index (κ3) is 4.55. The molecule has 1 atom stereocenters. The normalized spacial score (nSPS) is 18.7. The zero-order valence-corrected chi connectivity index (χ0v) is 18.8. The quantitative estimate of drug-likeness (QED) is 0.551. The number of alkyl halides is 3. The molecule has 0 saturated carbocycles. The highest BCUT2D eigenvalue weighted by atomic mass is 35.5. The van der Waals surface area contributed by atoms with Crippen LogP contribution in [0.3, 0.4) is 0 Å². The van der Waals surface area contributed by atoms with Crippen LogP contribution < -0.4 is 10.6 Å². The van der Waals surface area contributed by atoms with Crippen LogP contribution in [0.1, 0.15) is 48.8 Å². The summed E-state index contributed by atoms with van der Waals surface area (Å²) in [7, 11) is 0. The van der Waals surface area contributed by atoms with E-state index in [9.17, 15) is 22.8 Å². The topological polar surface area (TPSA) is 58.2 Å². The third-order valence-corrected chi connectivity index (χ3v) is 6.30. The van der Waals surface area contributed by atoms with Gasteiger partial charge in [-0.15, -0.1) is 0 Å². The number of ketones is 1. The van der Waals surface area contributed by atoms with Crippen molar-refractivity contribution >= 4 is 29.0 Å². The van der Waals surface area contributed by atoms with Gasteiger partial charge in [0.2, 0.25) is 0 Å². The number of halogens is 4. The van der Waals surface area contributed by atoms with Gasteiger partial charge in [-0.3, -0.25) is 9.59 Å². The number of benzene rings is 2. The summed E-state index contributed by atoms with van der Waals surface area (Å²) in [4.78, 5) is 26.4. The molecule has 1 amide bonds. The average Bonchev–Trinajstić information content (AvgIpc) is 2.74. The van der Waals surface area contributed by atoms with Crippen LogP contribution in [0.2, 0.25) is 5.02 Å². The molecule has 0 unspecified atom stereocenters. The Labute approximate surface area is 194 Å². The van der Waals surface area contributed by atoms with E-state index in [0.717, 1.165) is 41.4 Å². The predicted octanol–water partition coefficient (Wildman–Crippen LogP) is 6.27. The van der Waals surface area contributed by atoms with E-state index in [1.807, 2.05) is 31.2 Å². The molecule has 2 N–H and O–H groups in total.